The Hall–Kier alpha value is -5.69. The fourth-order valence-electron chi connectivity index (χ4n) is 5.08. The summed E-state index contributed by atoms with van der Waals surface area (Å²) in [5.41, 5.74) is -4.55. The lowest BCUT2D eigenvalue weighted by atomic mass is 10.1. The Labute approximate surface area is 378 Å². The number of ether oxygens (including phenoxy) is 6. The summed E-state index contributed by atoms with van der Waals surface area (Å²) in [6, 6.07) is 5.51. The van der Waals surface area contributed by atoms with Crippen molar-refractivity contribution in [1.29, 1.82) is 0 Å². The Morgan fingerprint density at radius 3 is 1.41 bits per heavy atom. The number of amides is 5. The first-order chi connectivity index (χ1) is 29.2. The molecular formula is C44H73N7O13. The maximum absolute atomic E-state index is 14.0. The fourth-order valence-corrected chi connectivity index (χ4v) is 5.08. The molecule has 0 saturated carbocycles. The second kappa shape index (κ2) is 25.0. The van der Waals surface area contributed by atoms with Crippen LogP contribution in [0, 0.1) is 10.1 Å². The first-order valence-electron chi connectivity index (χ1n) is 21.5. The van der Waals surface area contributed by atoms with Crippen molar-refractivity contribution in [3.63, 3.8) is 0 Å². The third-order valence-corrected chi connectivity index (χ3v) is 7.44. The highest BCUT2D eigenvalue weighted by Gasteiger charge is 2.35. The van der Waals surface area contributed by atoms with Gasteiger partial charge in [-0.25, -0.2) is 33.8 Å². The largest absolute Gasteiger partial charge is 0.494 e. The van der Waals surface area contributed by atoms with Crippen LogP contribution in [-0.4, -0.2) is 111 Å². The number of aliphatic imine (C=N–C) groups is 2. The van der Waals surface area contributed by atoms with Crippen LogP contribution >= 0.6 is 0 Å². The molecule has 0 unspecified atom stereocenters. The third-order valence-electron chi connectivity index (χ3n) is 7.44. The second-order valence-corrected chi connectivity index (χ2v) is 19.7. The Morgan fingerprint density at radius 2 is 0.984 bits per heavy atom. The van der Waals surface area contributed by atoms with Crippen LogP contribution in [0.15, 0.2) is 34.3 Å². The van der Waals surface area contributed by atoms with E-state index in [0.717, 1.165) is 29.1 Å². The number of alkyl carbamates (subject to hydrolysis) is 2. The van der Waals surface area contributed by atoms with Crippen molar-refractivity contribution in [2.75, 3.05) is 26.2 Å². The van der Waals surface area contributed by atoms with Crippen LogP contribution in [0.1, 0.15) is 149 Å². The number of nitrogens with one attached hydrogen (secondary N) is 2. The summed E-state index contributed by atoms with van der Waals surface area (Å²) in [7, 11) is 0. The number of nitro benzene ring substituents is 1. The number of carbonyl (C=O) groups excluding carboxylic acids is 5. The molecule has 5 amide bonds. The molecule has 0 heterocycles. The van der Waals surface area contributed by atoms with Crippen LogP contribution in [0.25, 0.3) is 0 Å². The molecule has 0 aliphatic carbocycles. The minimum atomic E-state index is -1.06. The Balaban J connectivity index is 3.28. The van der Waals surface area contributed by atoms with Gasteiger partial charge in [0, 0.05) is 31.8 Å². The van der Waals surface area contributed by atoms with Crippen LogP contribution in [0.4, 0.5) is 29.7 Å². The molecule has 1 aromatic rings. The van der Waals surface area contributed by atoms with Crippen LogP contribution in [-0.2, 0) is 23.7 Å². The van der Waals surface area contributed by atoms with Gasteiger partial charge in [0.1, 0.15) is 33.8 Å². The van der Waals surface area contributed by atoms with Crippen LogP contribution in [0.2, 0.25) is 0 Å². The van der Waals surface area contributed by atoms with Crippen molar-refractivity contribution in [2.24, 2.45) is 9.98 Å². The lowest BCUT2D eigenvalue weighted by Crippen LogP contribution is -2.53. The molecule has 0 aliphatic heterocycles. The average molecular weight is 908 g/mol. The Bertz CT molecular complexity index is 1730. The average Bonchev–Trinajstić information content (AvgIpc) is 3.08. The summed E-state index contributed by atoms with van der Waals surface area (Å²) in [5, 5.41) is 16.0. The highest BCUT2D eigenvalue weighted by Crippen LogP contribution is 2.21. The molecule has 1 rings (SSSR count). The summed E-state index contributed by atoms with van der Waals surface area (Å²) in [5.74, 6) is -0.107. The van der Waals surface area contributed by atoms with Gasteiger partial charge in [-0.1, -0.05) is 25.7 Å². The Kier molecular flexibility index (Phi) is 22.0. The molecule has 0 bridgehead atoms. The molecular weight excluding hydrogens is 835 g/mol. The monoisotopic (exact) mass is 908 g/mol. The minimum Gasteiger partial charge on any atom is -0.494 e. The first-order valence-corrected chi connectivity index (χ1v) is 21.5. The standard InChI is InChI=1S/C44H73N7O13/c1-40(2,3)60-35(52)46-33(47-36(53)61-41(4,5)6)45-27-20-18-16-17-19-21-28-49(38(55)63-43(10,11)12)34(48-37(54)62-42(7,8)9)50(39(56)64-44(13,14)15)29-22-30-59-32-25-23-31(24-26-32)51(57)58/h23-26H,16-22,27-30H2,1-15H3,(H2,45,46,47,52,53). The van der Waals surface area contributed by atoms with Gasteiger partial charge < -0.3 is 28.4 Å². The maximum atomic E-state index is 14.0. The third kappa shape index (κ3) is 26.7. The minimum absolute atomic E-state index is 0.00450. The van der Waals surface area contributed by atoms with Crippen molar-refractivity contribution in [3.05, 3.63) is 34.4 Å². The number of hydrogen-bond acceptors (Lipinski definition) is 14. The molecule has 362 valence electrons. The van der Waals surface area contributed by atoms with Crippen molar-refractivity contribution in [3.8, 4) is 5.75 Å². The zero-order valence-corrected chi connectivity index (χ0v) is 40.6. The smallest absolute Gasteiger partial charge is 0.437 e. The molecule has 20 nitrogen and oxygen atoms in total. The van der Waals surface area contributed by atoms with Crippen LogP contribution in [0.5, 0.6) is 5.75 Å². The van der Waals surface area contributed by atoms with Gasteiger partial charge in [-0.05, 0) is 135 Å². The number of unbranched alkanes of at least 4 members (excludes halogenated alkanes) is 5. The fraction of sp³-hybridized carbons (Fsp3) is 0.705. The number of carbonyl (C=O) groups is 5. The first kappa shape index (κ1) is 56.3. The molecule has 0 atom stereocenters. The van der Waals surface area contributed by atoms with E-state index in [9.17, 15) is 34.1 Å². The van der Waals surface area contributed by atoms with E-state index in [-0.39, 0.29) is 50.3 Å². The molecule has 0 saturated heterocycles. The summed E-state index contributed by atoms with van der Waals surface area (Å²) >= 11 is 0. The van der Waals surface area contributed by atoms with E-state index < -0.39 is 63.4 Å². The van der Waals surface area contributed by atoms with E-state index in [2.05, 4.69) is 20.6 Å². The topological polar surface area (TPSA) is 239 Å². The quantitative estimate of drug-likeness (QED) is 0.0416. The van der Waals surface area contributed by atoms with Crippen LogP contribution < -0.4 is 15.4 Å². The van der Waals surface area contributed by atoms with E-state index in [0.29, 0.717) is 25.0 Å². The van der Waals surface area contributed by atoms with Gasteiger partial charge in [-0.3, -0.25) is 25.7 Å². The van der Waals surface area contributed by atoms with Crippen molar-refractivity contribution < 1.29 is 57.3 Å². The zero-order chi connectivity index (χ0) is 49.1. The number of nitro groups is 1. The lowest BCUT2D eigenvalue weighted by molar-refractivity contribution is -0.384. The van der Waals surface area contributed by atoms with Gasteiger partial charge in [0.2, 0.25) is 11.9 Å². The number of benzene rings is 1. The van der Waals surface area contributed by atoms with E-state index in [1.807, 2.05) is 0 Å². The summed E-state index contributed by atoms with van der Waals surface area (Å²) in [6.07, 6.45) is -0.320. The molecule has 0 aromatic heterocycles. The summed E-state index contributed by atoms with van der Waals surface area (Å²) in [4.78, 5) is 87.4. The van der Waals surface area contributed by atoms with Gasteiger partial charge in [-0.2, -0.15) is 0 Å². The molecule has 20 heteroatoms. The van der Waals surface area contributed by atoms with Crippen molar-refractivity contribution >= 4 is 48.1 Å². The normalized spacial score (nSPS) is 12.3. The lowest BCUT2D eigenvalue weighted by Gasteiger charge is -2.34. The predicted molar refractivity (Wildman–Crippen MR) is 242 cm³/mol. The molecule has 0 fully saturated rings. The highest BCUT2D eigenvalue weighted by atomic mass is 16.6. The summed E-state index contributed by atoms with van der Waals surface area (Å²) in [6.45, 7) is 25.5. The van der Waals surface area contributed by atoms with E-state index >= 15 is 0 Å². The maximum Gasteiger partial charge on any atom is 0.437 e. The van der Waals surface area contributed by atoms with Gasteiger partial charge in [0.05, 0.1) is 11.5 Å². The zero-order valence-electron chi connectivity index (χ0n) is 40.6. The molecule has 1 aromatic carbocycles. The highest BCUT2D eigenvalue weighted by molar-refractivity contribution is 6.05. The second-order valence-electron chi connectivity index (χ2n) is 19.7. The summed E-state index contributed by atoms with van der Waals surface area (Å²) < 4.78 is 33.4. The van der Waals surface area contributed by atoms with Gasteiger partial charge in [-0.15, -0.1) is 4.99 Å². The molecule has 0 spiro atoms. The van der Waals surface area contributed by atoms with Crippen LogP contribution in [0.3, 0.4) is 0 Å². The molecule has 64 heavy (non-hydrogen) atoms. The predicted octanol–water partition coefficient (Wildman–Crippen LogP) is 9.87. The van der Waals surface area contributed by atoms with E-state index in [1.54, 1.807) is 104 Å². The van der Waals surface area contributed by atoms with Gasteiger partial charge in [0.25, 0.3) is 5.69 Å². The molecule has 2 N–H and O–H groups in total. The number of guanidine groups is 2. The number of non-ortho nitro benzene ring substituents is 1. The SMILES string of the molecule is CC(C)(C)OC(=O)N=C(N(CCCCCCCCN=C(NC(=O)OC(C)(C)C)NC(=O)OC(C)(C)C)C(=O)OC(C)(C)C)N(CCCOc1ccc([N+](=O)[O-])cc1)C(=O)OC(C)(C)C. The Morgan fingerprint density at radius 1 is 0.578 bits per heavy atom. The van der Waals surface area contributed by atoms with Gasteiger partial charge in [0.15, 0.2) is 0 Å². The molecule has 0 aliphatic rings. The number of nitrogens with zero attached hydrogens (tertiary/aromatic N) is 5. The van der Waals surface area contributed by atoms with Crippen molar-refractivity contribution in [2.45, 2.75) is 177 Å². The van der Waals surface area contributed by atoms with Gasteiger partial charge >= 0.3 is 30.5 Å². The van der Waals surface area contributed by atoms with Crippen molar-refractivity contribution in [1.82, 2.24) is 20.4 Å². The van der Waals surface area contributed by atoms with E-state index in [4.69, 9.17) is 28.4 Å². The van der Waals surface area contributed by atoms with E-state index in [1.165, 1.54) is 24.3 Å². The number of hydrogen-bond donors (Lipinski definition) is 2. The number of rotatable bonds is 15. The molecule has 0 radical (unpaired) electrons.